The molecule has 1 heterocycles. The number of halogens is 1. The molecule has 4 rings (SSSR count). The van der Waals surface area contributed by atoms with Crippen LogP contribution in [0.4, 0.5) is 10.5 Å². The minimum atomic E-state index is -0.0910. The number of thioether (sulfide) groups is 1. The number of ether oxygens (including phenoxy) is 1. The van der Waals surface area contributed by atoms with E-state index in [1.54, 1.807) is 11.8 Å². The number of amides is 2. The summed E-state index contributed by atoms with van der Waals surface area (Å²) in [6.45, 7) is 0.710. The highest BCUT2D eigenvalue weighted by atomic mass is 79.9. The molecule has 4 nitrogen and oxygen atoms in total. The minimum Gasteiger partial charge on any atom is -0.457 e. The summed E-state index contributed by atoms with van der Waals surface area (Å²) in [6, 6.07) is 25.2. The molecule has 6 heteroatoms. The molecule has 0 aromatic heterocycles. The normalized spacial score (nSPS) is 16.0. The lowest BCUT2D eigenvalue weighted by atomic mass is 10.2. The zero-order chi connectivity index (χ0) is 19.3. The Balaban J connectivity index is 1.49. The molecule has 3 aromatic carbocycles. The summed E-state index contributed by atoms with van der Waals surface area (Å²) < 4.78 is 6.93. The van der Waals surface area contributed by atoms with E-state index in [1.165, 1.54) is 0 Å². The number of carbonyl (C=O) groups is 1. The Bertz CT molecular complexity index is 950. The van der Waals surface area contributed by atoms with E-state index in [0.717, 1.165) is 33.0 Å². The van der Waals surface area contributed by atoms with Gasteiger partial charge in [0.15, 0.2) is 0 Å². The van der Waals surface area contributed by atoms with E-state index in [1.807, 2.05) is 83.8 Å². The van der Waals surface area contributed by atoms with Crippen LogP contribution >= 0.6 is 27.7 Å². The third-order valence-electron chi connectivity index (χ3n) is 4.37. The molecule has 28 heavy (non-hydrogen) atoms. The van der Waals surface area contributed by atoms with E-state index in [0.29, 0.717) is 6.54 Å². The van der Waals surface area contributed by atoms with Crippen LogP contribution in [-0.4, -0.2) is 23.2 Å². The zero-order valence-corrected chi connectivity index (χ0v) is 17.4. The van der Waals surface area contributed by atoms with E-state index < -0.39 is 0 Å². The average Bonchev–Trinajstić information content (AvgIpc) is 3.21. The Morgan fingerprint density at radius 2 is 1.75 bits per heavy atom. The van der Waals surface area contributed by atoms with Crippen molar-refractivity contribution in [3.8, 4) is 11.5 Å². The smallest absolute Gasteiger partial charge is 0.323 e. The van der Waals surface area contributed by atoms with Crippen molar-refractivity contribution in [3.63, 3.8) is 0 Å². The fourth-order valence-corrected chi connectivity index (χ4v) is 4.55. The van der Waals surface area contributed by atoms with E-state index in [-0.39, 0.29) is 11.4 Å². The van der Waals surface area contributed by atoms with Gasteiger partial charge in [-0.05, 0) is 54.1 Å². The summed E-state index contributed by atoms with van der Waals surface area (Å²) in [5.74, 6) is 2.47. The first-order chi connectivity index (χ1) is 13.7. The Hall–Kier alpha value is -2.44. The molecule has 1 unspecified atom stereocenters. The van der Waals surface area contributed by atoms with Gasteiger partial charge in [0, 0.05) is 22.5 Å². The van der Waals surface area contributed by atoms with Gasteiger partial charge in [0.2, 0.25) is 0 Å². The first kappa shape index (κ1) is 18.9. The number of nitrogens with one attached hydrogen (secondary N) is 1. The van der Waals surface area contributed by atoms with Crippen LogP contribution in [0.5, 0.6) is 11.5 Å². The Kier molecular flexibility index (Phi) is 5.88. The average molecular weight is 455 g/mol. The summed E-state index contributed by atoms with van der Waals surface area (Å²) >= 11 is 5.17. The van der Waals surface area contributed by atoms with Crippen molar-refractivity contribution in [1.29, 1.82) is 0 Å². The number of urea groups is 1. The number of hydrogen-bond acceptors (Lipinski definition) is 3. The third-order valence-corrected chi connectivity index (χ3v) is 6.16. The van der Waals surface area contributed by atoms with Crippen LogP contribution < -0.4 is 10.1 Å². The van der Waals surface area contributed by atoms with Gasteiger partial charge in [0.05, 0.1) is 0 Å². The monoisotopic (exact) mass is 454 g/mol. The van der Waals surface area contributed by atoms with Crippen molar-refractivity contribution in [2.24, 2.45) is 0 Å². The molecule has 0 spiro atoms. The van der Waals surface area contributed by atoms with Crippen LogP contribution in [0.3, 0.4) is 0 Å². The van der Waals surface area contributed by atoms with E-state index in [2.05, 4.69) is 21.2 Å². The van der Waals surface area contributed by atoms with Crippen molar-refractivity contribution in [1.82, 2.24) is 4.90 Å². The van der Waals surface area contributed by atoms with Crippen molar-refractivity contribution in [2.75, 3.05) is 17.6 Å². The summed E-state index contributed by atoms with van der Waals surface area (Å²) in [7, 11) is 0. The lowest BCUT2D eigenvalue weighted by Crippen LogP contribution is -2.34. The topological polar surface area (TPSA) is 41.6 Å². The summed E-state index contributed by atoms with van der Waals surface area (Å²) in [4.78, 5) is 14.7. The Morgan fingerprint density at radius 1 is 1.00 bits per heavy atom. The molecular formula is C22H19BrN2O2S. The Morgan fingerprint density at radius 3 is 2.54 bits per heavy atom. The molecule has 1 N–H and O–H groups in total. The number of rotatable bonds is 4. The van der Waals surface area contributed by atoms with Gasteiger partial charge in [-0.25, -0.2) is 4.79 Å². The largest absolute Gasteiger partial charge is 0.457 e. The van der Waals surface area contributed by atoms with Crippen molar-refractivity contribution >= 4 is 39.4 Å². The van der Waals surface area contributed by atoms with Crippen molar-refractivity contribution < 1.29 is 9.53 Å². The van der Waals surface area contributed by atoms with Gasteiger partial charge in [-0.15, -0.1) is 11.8 Å². The quantitative estimate of drug-likeness (QED) is 0.487. The zero-order valence-electron chi connectivity index (χ0n) is 15.0. The molecular weight excluding hydrogens is 436 g/mol. The van der Waals surface area contributed by atoms with Crippen molar-refractivity contribution in [3.05, 3.63) is 88.9 Å². The second-order valence-electron chi connectivity index (χ2n) is 6.34. The third kappa shape index (κ3) is 4.51. The maximum absolute atomic E-state index is 12.8. The van der Waals surface area contributed by atoms with Crippen LogP contribution in [0, 0.1) is 0 Å². The van der Waals surface area contributed by atoms with Gasteiger partial charge >= 0.3 is 6.03 Å². The van der Waals surface area contributed by atoms with Crippen molar-refractivity contribution in [2.45, 2.75) is 5.37 Å². The molecule has 1 aliphatic heterocycles. The second-order valence-corrected chi connectivity index (χ2v) is 8.44. The standard InChI is InChI=1S/C22H19BrN2O2S/c23-17-9-11-18(12-10-17)24-22(26)25-13-14-28-21(25)16-5-4-8-20(15-16)27-19-6-2-1-3-7-19/h1-12,15,21H,13-14H2,(H,24,26). The number of hydrogen-bond donors (Lipinski definition) is 1. The lowest BCUT2D eigenvalue weighted by Gasteiger charge is -2.24. The van der Waals surface area contributed by atoms with E-state index in [9.17, 15) is 4.79 Å². The molecule has 0 radical (unpaired) electrons. The Labute approximate surface area is 177 Å². The lowest BCUT2D eigenvalue weighted by molar-refractivity contribution is 0.214. The van der Waals surface area contributed by atoms with Gasteiger partial charge in [-0.1, -0.05) is 46.3 Å². The second kappa shape index (κ2) is 8.71. The molecule has 3 aromatic rings. The van der Waals surface area contributed by atoms with Crippen LogP contribution in [0.2, 0.25) is 0 Å². The van der Waals surface area contributed by atoms with Gasteiger partial charge in [0.25, 0.3) is 0 Å². The molecule has 1 aliphatic rings. The van der Waals surface area contributed by atoms with Gasteiger partial charge in [0.1, 0.15) is 16.9 Å². The number of nitrogens with zero attached hydrogens (tertiary/aromatic N) is 1. The maximum atomic E-state index is 12.8. The van der Waals surface area contributed by atoms with Crippen LogP contribution in [-0.2, 0) is 0 Å². The predicted molar refractivity (Wildman–Crippen MR) is 118 cm³/mol. The first-order valence-electron chi connectivity index (χ1n) is 8.97. The highest BCUT2D eigenvalue weighted by molar-refractivity contribution is 9.10. The molecule has 0 saturated carbocycles. The SMILES string of the molecule is O=C(Nc1ccc(Br)cc1)N1CCSC1c1cccc(Oc2ccccc2)c1. The van der Waals surface area contributed by atoms with E-state index >= 15 is 0 Å². The van der Waals surface area contributed by atoms with Crippen LogP contribution in [0.25, 0.3) is 0 Å². The molecule has 1 atom stereocenters. The fraction of sp³-hybridized carbons (Fsp3) is 0.136. The molecule has 1 fully saturated rings. The molecule has 0 aliphatic carbocycles. The van der Waals surface area contributed by atoms with Gasteiger partial charge in [-0.3, -0.25) is 0 Å². The highest BCUT2D eigenvalue weighted by Crippen LogP contribution is 2.39. The molecule has 142 valence electrons. The van der Waals surface area contributed by atoms with Gasteiger partial charge < -0.3 is 15.0 Å². The van der Waals surface area contributed by atoms with Crippen LogP contribution in [0.15, 0.2) is 83.3 Å². The maximum Gasteiger partial charge on any atom is 0.323 e. The number of anilines is 1. The number of benzene rings is 3. The first-order valence-corrected chi connectivity index (χ1v) is 10.8. The summed E-state index contributed by atoms with van der Waals surface area (Å²) in [5.41, 5.74) is 1.84. The number of carbonyl (C=O) groups excluding carboxylic acids is 1. The number of para-hydroxylation sites is 1. The minimum absolute atomic E-state index is 0.0326. The van der Waals surface area contributed by atoms with Gasteiger partial charge in [-0.2, -0.15) is 0 Å². The van der Waals surface area contributed by atoms with Crippen LogP contribution in [0.1, 0.15) is 10.9 Å². The molecule has 1 saturated heterocycles. The highest BCUT2D eigenvalue weighted by Gasteiger charge is 2.31. The predicted octanol–water partition coefficient (Wildman–Crippen LogP) is 6.52. The molecule has 2 amide bonds. The van der Waals surface area contributed by atoms with E-state index in [4.69, 9.17) is 4.74 Å². The summed E-state index contributed by atoms with van der Waals surface area (Å²) in [6.07, 6.45) is 0. The fourth-order valence-electron chi connectivity index (χ4n) is 3.04. The molecule has 0 bridgehead atoms. The summed E-state index contributed by atoms with van der Waals surface area (Å²) in [5, 5.41) is 2.95.